The van der Waals surface area contributed by atoms with E-state index in [0.717, 1.165) is 13.1 Å². The van der Waals surface area contributed by atoms with Crippen molar-refractivity contribution in [2.75, 3.05) is 65.7 Å². The maximum atomic E-state index is 15.0. The van der Waals surface area contributed by atoms with Gasteiger partial charge < -0.3 is 19.5 Å². The van der Waals surface area contributed by atoms with E-state index in [0.29, 0.717) is 39.4 Å². The minimum Gasteiger partial charge on any atom is -0.507 e. The Morgan fingerprint density at radius 2 is 1.52 bits per heavy atom. The van der Waals surface area contributed by atoms with Crippen LogP contribution in [0.1, 0.15) is 23.6 Å². The summed E-state index contributed by atoms with van der Waals surface area (Å²) in [4.78, 5) is 30.0. The molecule has 12 heteroatoms. The smallest absolute Gasteiger partial charge is 0.295 e. The van der Waals surface area contributed by atoms with Crippen LogP contribution in [-0.2, 0) is 29.1 Å². The van der Waals surface area contributed by atoms with Gasteiger partial charge in [0.1, 0.15) is 11.6 Å². The molecule has 3 fully saturated rings. The van der Waals surface area contributed by atoms with Gasteiger partial charge in [-0.3, -0.25) is 14.5 Å². The van der Waals surface area contributed by atoms with E-state index in [1.54, 1.807) is 6.07 Å². The number of ketones is 1. The van der Waals surface area contributed by atoms with Crippen molar-refractivity contribution in [1.82, 2.24) is 14.1 Å². The molecular formula is C28H32FN3O7S. The predicted octanol–water partition coefficient (Wildman–Crippen LogP) is 1.99. The topological polar surface area (TPSA) is 117 Å². The Hall–Kier alpha value is -3.16. The number of carbonyl (C=O) groups excluding carboxylic acids is 2. The number of Topliss-reactive ketones (excluding diaryl/α,β-unsaturated/α-hetero) is 1. The first-order valence-corrected chi connectivity index (χ1v) is 14.7. The van der Waals surface area contributed by atoms with Gasteiger partial charge in [0.15, 0.2) is 0 Å². The molecule has 3 saturated heterocycles. The van der Waals surface area contributed by atoms with Crippen molar-refractivity contribution in [3.8, 4) is 0 Å². The molecule has 0 saturated carbocycles. The summed E-state index contributed by atoms with van der Waals surface area (Å²) in [5.74, 6) is -2.83. The number of morpholine rings is 2. The second-order valence-electron chi connectivity index (χ2n) is 9.86. The highest BCUT2D eigenvalue weighted by Gasteiger charge is 2.46. The Morgan fingerprint density at radius 1 is 0.900 bits per heavy atom. The Morgan fingerprint density at radius 3 is 2.17 bits per heavy atom. The molecule has 2 aromatic carbocycles. The minimum atomic E-state index is -3.77. The van der Waals surface area contributed by atoms with Crippen LogP contribution in [0.5, 0.6) is 0 Å². The lowest BCUT2D eigenvalue weighted by atomic mass is 9.95. The van der Waals surface area contributed by atoms with Crippen LogP contribution in [-0.4, -0.2) is 105 Å². The highest BCUT2D eigenvalue weighted by atomic mass is 32.2. The second kappa shape index (κ2) is 12.1. The average molecular weight is 574 g/mol. The van der Waals surface area contributed by atoms with Gasteiger partial charge in [-0.05, 0) is 36.8 Å². The molecule has 3 aliphatic heterocycles. The number of nitrogens with zero attached hydrogens (tertiary/aromatic N) is 3. The molecule has 5 rings (SSSR count). The fourth-order valence-electron chi connectivity index (χ4n) is 5.30. The summed E-state index contributed by atoms with van der Waals surface area (Å²) in [7, 11) is -3.77. The van der Waals surface area contributed by atoms with Crippen LogP contribution in [0.25, 0.3) is 5.76 Å². The number of ether oxygens (including phenoxy) is 2. The lowest BCUT2D eigenvalue weighted by Gasteiger charge is -2.29. The van der Waals surface area contributed by atoms with E-state index >= 15 is 4.39 Å². The number of hydrogen-bond donors (Lipinski definition) is 1. The third-order valence-electron chi connectivity index (χ3n) is 7.45. The molecule has 2 aromatic rings. The molecule has 1 unspecified atom stereocenters. The zero-order chi connectivity index (χ0) is 28.3. The number of aliphatic hydroxyl groups is 1. The summed E-state index contributed by atoms with van der Waals surface area (Å²) in [6, 6.07) is 10.2. The van der Waals surface area contributed by atoms with Crippen molar-refractivity contribution in [3.05, 3.63) is 71.0 Å². The number of benzene rings is 2. The molecule has 1 amide bonds. The molecule has 1 N–H and O–H groups in total. The van der Waals surface area contributed by atoms with E-state index in [9.17, 15) is 23.1 Å². The van der Waals surface area contributed by atoms with Crippen molar-refractivity contribution in [2.24, 2.45) is 0 Å². The molecule has 3 aliphatic rings. The lowest BCUT2D eigenvalue weighted by molar-refractivity contribution is -0.140. The van der Waals surface area contributed by atoms with Gasteiger partial charge in [0, 0.05) is 50.4 Å². The summed E-state index contributed by atoms with van der Waals surface area (Å²) in [5.41, 5.74) is 0.0139. The first kappa shape index (κ1) is 28.4. The number of rotatable bonds is 8. The fraction of sp³-hybridized carbons (Fsp3) is 0.429. The molecular weight excluding hydrogens is 541 g/mol. The molecule has 0 bridgehead atoms. The van der Waals surface area contributed by atoms with E-state index in [4.69, 9.17) is 9.47 Å². The number of halogens is 1. The van der Waals surface area contributed by atoms with Gasteiger partial charge in [-0.15, -0.1) is 0 Å². The van der Waals surface area contributed by atoms with Crippen molar-refractivity contribution < 1.29 is 37.0 Å². The van der Waals surface area contributed by atoms with Crippen LogP contribution in [0.3, 0.4) is 0 Å². The molecule has 0 spiro atoms. The molecule has 40 heavy (non-hydrogen) atoms. The Balaban J connectivity index is 1.45. The molecule has 0 aromatic heterocycles. The minimum absolute atomic E-state index is 0.0279. The summed E-state index contributed by atoms with van der Waals surface area (Å²) in [5, 5.41) is 11.3. The van der Waals surface area contributed by atoms with Gasteiger partial charge in [0.2, 0.25) is 10.0 Å². The fourth-order valence-corrected chi connectivity index (χ4v) is 6.70. The monoisotopic (exact) mass is 573 g/mol. The van der Waals surface area contributed by atoms with Gasteiger partial charge in [0.05, 0.1) is 42.9 Å². The summed E-state index contributed by atoms with van der Waals surface area (Å²) in [6.45, 7) is 4.76. The third kappa shape index (κ3) is 5.68. The highest BCUT2D eigenvalue weighted by Crippen LogP contribution is 2.40. The van der Waals surface area contributed by atoms with Gasteiger partial charge in [-0.1, -0.05) is 18.2 Å². The number of carbonyl (C=O) groups is 2. The van der Waals surface area contributed by atoms with Crippen LogP contribution in [0.4, 0.5) is 4.39 Å². The van der Waals surface area contributed by atoms with Crippen LogP contribution >= 0.6 is 0 Å². The zero-order valence-corrected chi connectivity index (χ0v) is 22.8. The largest absolute Gasteiger partial charge is 0.507 e. The van der Waals surface area contributed by atoms with Crippen molar-refractivity contribution in [2.45, 2.75) is 17.4 Å². The molecule has 3 heterocycles. The number of sulfonamides is 1. The van der Waals surface area contributed by atoms with Crippen LogP contribution < -0.4 is 0 Å². The standard InChI is InChI=1S/C28H32FN3O7S/c29-23-5-2-1-4-22(23)25-24(27(34)28(35)32(25)11-3-10-30-12-16-38-17-13-30)26(33)20-6-8-21(9-7-20)40(36,37)31-14-18-39-19-15-31/h1-2,4-9,25,33H,3,10-19H2. The Labute approximate surface area is 232 Å². The third-order valence-corrected chi connectivity index (χ3v) is 9.37. The molecule has 0 aliphatic carbocycles. The van der Waals surface area contributed by atoms with Crippen LogP contribution in [0.15, 0.2) is 59.0 Å². The van der Waals surface area contributed by atoms with E-state index in [1.807, 2.05) is 0 Å². The molecule has 1 atom stereocenters. The van der Waals surface area contributed by atoms with Gasteiger partial charge in [0.25, 0.3) is 11.7 Å². The van der Waals surface area contributed by atoms with E-state index in [-0.39, 0.29) is 41.2 Å². The first-order valence-electron chi connectivity index (χ1n) is 13.3. The van der Waals surface area contributed by atoms with Gasteiger partial charge in [-0.25, -0.2) is 12.8 Å². The summed E-state index contributed by atoms with van der Waals surface area (Å²) in [6.07, 6.45) is 0.548. The normalized spacial score (nSPS) is 22.6. The first-order chi connectivity index (χ1) is 19.3. The Kier molecular flexibility index (Phi) is 8.62. The summed E-state index contributed by atoms with van der Waals surface area (Å²) < 4.78 is 52.9. The highest BCUT2D eigenvalue weighted by molar-refractivity contribution is 7.89. The maximum absolute atomic E-state index is 15.0. The van der Waals surface area contributed by atoms with Crippen LogP contribution in [0, 0.1) is 5.82 Å². The second-order valence-corrected chi connectivity index (χ2v) is 11.8. The molecule has 10 nitrogen and oxygen atoms in total. The zero-order valence-electron chi connectivity index (χ0n) is 22.0. The van der Waals surface area contributed by atoms with E-state index in [2.05, 4.69) is 4.90 Å². The average Bonchev–Trinajstić information content (AvgIpc) is 3.23. The number of hydrogen-bond acceptors (Lipinski definition) is 8. The van der Waals surface area contributed by atoms with E-state index < -0.39 is 39.3 Å². The number of likely N-dealkylation sites (tertiary alicyclic amines) is 1. The lowest BCUT2D eigenvalue weighted by Crippen LogP contribution is -2.40. The molecule has 214 valence electrons. The maximum Gasteiger partial charge on any atom is 0.295 e. The SMILES string of the molecule is O=C1C(=O)N(CCCN2CCOCC2)C(c2ccccc2F)C1=C(O)c1ccc(S(=O)(=O)N2CCOCC2)cc1. The van der Waals surface area contributed by atoms with Crippen LogP contribution in [0.2, 0.25) is 0 Å². The quantitative estimate of drug-likeness (QED) is 0.290. The number of amides is 1. The summed E-state index contributed by atoms with van der Waals surface area (Å²) >= 11 is 0. The van der Waals surface area contributed by atoms with Crippen molar-refractivity contribution >= 4 is 27.5 Å². The Bertz CT molecular complexity index is 1380. The van der Waals surface area contributed by atoms with E-state index in [1.165, 1.54) is 51.7 Å². The van der Waals surface area contributed by atoms with Gasteiger partial charge >= 0.3 is 0 Å². The predicted molar refractivity (Wildman–Crippen MR) is 143 cm³/mol. The molecule has 0 radical (unpaired) electrons. The number of aliphatic hydroxyl groups excluding tert-OH is 1. The van der Waals surface area contributed by atoms with Gasteiger partial charge in [-0.2, -0.15) is 4.31 Å². The van der Waals surface area contributed by atoms with Crippen molar-refractivity contribution in [3.63, 3.8) is 0 Å². The van der Waals surface area contributed by atoms with Crippen molar-refractivity contribution in [1.29, 1.82) is 0 Å².